The maximum absolute atomic E-state index is 14.5. The van der Waals surface area contributed by atoms with Crippen molar-refractivity contribution in [3.8, 4) is 45.5 Å². The third-order valence-electron chi connectivity index (χ3n) is 12.7. The second-order valence-corrected chi connectivity index (χ2v) is 17.7. The number of halogens is 2. The van der Waals surface area contributed by atoms with Gasteiger partial charge in [0.1, 0.15) is 18.1 Å². The number of nitrogens with one attached hydrogen (secondary N) is 6. The summed E-state index contributed by atoms with van der Waals surface area (Å²) in [6.07, 6.45) is 18.6. The van der Waals surface area contributed by atoms with Gasteiger partial charge in [0.25, 0.3) is 11.8 Å². The van der Waals surface area contributed by atoms with Gasteiger partial charge >= 0.3 is 29.6 Å². The quantitative estimate of drug-likeness (QED) is 0.0244. The fourth-order valence-electron chi connectivity index (χ4n) is 9.02. The second kappa shape index (κ2) is 31.2. The third-order valence-corrected chi connectivity index (χ3v) is 12.7. The molecular formula is C58H74F2N9NaO6-2. The van der Waals surface area contributed by atoms with Gasteiger partial charge in [0.15, 0.2) is 23.1 Å². The van der Waals surface area contributed by atoms with Gasteiger partial charge in [0.05, 0.1) is 71.9 Å². The summed E-state index contributed by atoms with van der Waals surface area (Å²) in [6.45, 7) is 20.0. The SMILES string of the molecule is CC.CCCCN1CCC[C@@H]1COc1cnccc1-c1[nH]c2c(c1Nc1cccc(F)c1OC)C(=O)NCC2.[CH2-]CCC.[CH2-]CC[CH-]COc1cnccc1-c1[nH]c2c(c1Nc1cccc(F)c1OC)C(=O)NCC2.[Na+]. The van der Waals surface area contributed by atoms with Crippen LogP contribution in [0.15, 0.2) is 73.3 Å². The van der Waals surface area contributed by atoms with E-state index in [1.54, 1.807) is 49.1 Å². The number of hydrogen-bond donors (Lipinski definition) is 6. The van der Waals surface area contributed by atoms with Crippen molar-refractivity contribution >= 4 is 34.6 Å². The number of aromatic nitrogens is 4. The number of nitrogens with zero attached hydrogens (tertiary/aromatic N) is 3. The van der Waals surface area contributed by atoms with Gasteiger partial charge in [-0.1, -0.05) is 52.7 Å². The Morgan fingerprint density at radius 1 is 0.750 bits per heavy atom. The molecule has 404 valence electrons. The summed E-state index contributed by atoms with van der Waals surface area (Å²) in [7, 11) is 2.83. The largest absolute Gasteiger partial charge is 1.00 e. The molecule has 1 saturated heterocycles. The van der Waals surface area contributed by atoms with E-state index in [9.17, 15) is 18.4 Å². The molecule has 6 N–H and O–H groups in total. The number of ether oxygens (including phenoxy) is 4. The van der Waals surface area contributed by atoms with Crippen LogP contribution in [0.1, 0.15) is 111 Å². The molecular weight excluding hydrogens is 980 g/mol. The van der Waals surface area contributed by atoms with Crippen LogP contribution in [-0.4, -0.2) is 96.3 Å². The molecule has 6 aromatic rings. The fraction of sp³-hybridized carbons (Fsp3) is 0.397. The van der Waals surface area contributed by atoms with Crippen LogP contribution in [-0.2, 0) is 12.8 Å². The Bertz CT molecular complexity index is 2790. The van der Waals surface area contributed by atoms with Crippen molar-refractivity contribution in [3.05, 3.63) is 128 Å². The smallest absolute Gasteiger partial charge is 0.523 e. The van der Waals surface area contributed by atoms with Gasteiger partial charge in [-0.3, -0.25) is 30.9 Å². The van der Waals surface area contributed by atoms with E-state index < -0.39 is 11.6 Å². The predicted molar refractivity (Wildman–Crippen MR) is 294 cm³/mol. The molecule has 0 radical (unpaired) electrons. The molecule has 15 nitrogen and oxygen atoms in total. The van der Waals surface area contributed by atoms with Crippen molar-refractivity contribution in [1.82, 2.24) is 35.5 Å². The summed E-state index contributed by atoms with van der Waals surface area (Å²) in [5, 5.41) is 12.3. The Labute approximate surface area is 469 Å². The van der Waals surface area contributed by atoms with Gasteiger partial charge in [-0.25, -0.2) is 21.6 Å². The van der Waals surface area contributed by atoms with Crippen molar-refractivity contribution in [2.45, 2.75) is 97.9 Å². The Balaban J connectivity index is 0.000000254. The molecule has 0 spiro atoms. The summed E-state index contributed by atoms with van der Waals surface area (Å²) in [5.41, 5.74) is 7.42. The second-order valence-electron chi connectivity index (χ2n) is 17.7. The van der Waals surface area contributed by atoms with E-state index in [4.69, 9.17) is 18.9 Å². The number of hydrogen-bond acceptors (Lipinski definition) is 11. The monoisotopic (exact) mass is 1050 g/mol. The Kier molecular flexibility index (Phi) is 24.9. The summed E-state index contributed by atoms with van der Waals surface area (Å²) in [4.78, 5) is 43.5. The fourth-order valence-corrected chi connectivity index (χ4v) is 9.02. The summed E-state index contributed by atoms with van der Waals surface area (Å²) >= 11 is 0. The Morgan fingerprint density at radius 3 is 1.74 bits per heavy atom. The first kappa shape index (κ1) is 60.7. The molecule has 0 unspecified atom stereocenters. The molecule has 1 fully saturated rings. The number of methoxy groups -OCH3 is 2. The van der Waals surface area contributed by atoms with Gasteiger partial charge in [-0.2, -0.15) is 6.42 Å². The van der Waals surface area contributed by atoms with E-state index in [-0.39, 0.29) is 52.9 Å². The molecule has 3 aliphatic rings. The minimum absolute atomic E-state index is 0. The number of carbonyl (C=O) groups is 2. The van der Waals surface area contributed by atoms with Crippen LogP contribution in [0.25, 0.3) is 22.5 Å². The van der Waals surface area contributed by atoms with Crippen LogP contribution in [0.3, 0.4) is 0 Å². The van der Waals surface area contributed by atoms with Crippen LogP contribution < -0.4 is 69.8 Å². The van der Waals surface area contributed by atoms with Crippen LogP contribution in [0.4, 0.5) is 31.5 Å². The van der Waals surface area contributed by atoms with Gasteiger partial charge in [0, 0.05) is 66.9 Å². The number of pyridine rings is 2. The molecule has 1 atom stereocenters. The predicted octanol–water partition coefficient (Wildman–Crippen LogP) is 9.00. The zero-order valence-electron chi connectivity index (χ0n) is 45.4. The molecule has 76 heavy (non-hydrogen) atoms. The standard InChI is InChI=1S/C28H34FN5O3.C24H25FN4O3.C4H9.C2H6.Na/c1-3-4-14-34-15-6-7-18(34)17-37-23-16-30-12-10-19(23)25-26(24-21(32-25)11-13-31-28(24)35)33-22-9-5-8-20(29)27(22)36-2;1-3-4-5-13-32-19-14-26-11-9-15(19)21-22(20-17(28-21)10-12-27-24(20)30)29-18-8-6-7-16(25)23(18)31-2;1-3-4-2;1-2;/h5,8-10,12,16,18,32-33H,3-4,6-7,11,13-15,17H2,1-2H3,(H,31,35);5-9,11,14,28-29H,1,3-4,10,12-13H2,2H3,(H,27,30);1,3-4H2,2H3;1-2H3;/q;-2;-1;;+1/t18-;;;;/m1..../s1. The molecule has 0 aliphatic carbocycles. The Morgan fingerprint density at radius 2 is 1.26 bits per heavy atom. The first-order valence-corrected chi connectivity index (χ1v) is 26.2. The van der Waals surface area contributed by atoms with Gasteiger partial charge < -0.3 is 64.0 Å². The zero-order chi connectivity index (χ0) is 53.7. The molecule has 2 amide bonds. The summed E-state index contributed by atoms with van der Waals surface area (Å²) in [6, 6.07) is 13.3. The average Bonchev–Trinajstić information content (AvgIpc) is 4.18. The van der Waals surface area contributed by atoms with E-state index in [0.717, 1.165) is 61.3 Å². The molecule has 3 aliphatic heterocycles. The van der Waals surface area contributed by atoms with Crippen molar-refractivity contribution in [3.63, 3.8) is 0 Å². The number of para-hydroxylation sites is 2. The molecule has 0 bridgehead atoms. The first-order valence-electron chi connectivity index (χ1n) is 26.2. The molecule has 2 aromatic carbocycles. The van der Waals surface area contributed by atoms with Crippen LogP contribution in [0.5, 0.6) is 23.0 Å². The van der Waals surface area contributed by atoms with Crippen molar-refractivity contribution in [1.29, 1.82) is 0 Å². The number of likely N-dealkylation sites (tertiary alicyclic amines) is 1. The molecule has 4 aromatic heterocycles. The van der Waals surface area contributed by atoms with E-state index in [0.29, 0.717) is 102 Å². The van der Waals surface area contributed by atoms with Crippen molar-refractivity contribution < 1.29 is 66.9 Å². The zero-order valence-corrected chi connectivity index (χ0v) is 47.4. The molecule has 7 heterocycles. The minimum atomic E-state index is -0.498. The van der Waals surface area contributed by atoms with Gasteiger partial charge in [-0.15, -0.1) is 0 Å². The number of rotatable bonds is 20. The topological polar surface area (TPSA) is 180 Å². The van der Waals surface area contributed by atoms with Crippen molar-refractivity contribution in [2.75, 3.05) is 64.2 Å². The number of fused-ring (bicyclic) bond motifs is 2. The average molecular weight is 1050 g/mol. The van der Waals surface area contributed by atoms with E-state index in [1.165, 1.54) is 52.0 Å². The van der Waals surface area contributed by atoms with Gasteiger partial charge in [-0.05, 0) is 75.4 Å². The van der Waals surface area contributed by atoms with Crippen LogP contribution in [0.2, 0.25) is 0 Å². The number of anilines is 4. The summed E-state index contributed by atoms with van der Waals surface area (Å²) < 4.78 is 51.6. The van der Waals surface area contributed by atoms with Crippen LogP contribution in [0, 0.1) is 31.9 Å². The maximum Gasteiger partial charge on any atom is 1.00 e. The number of carbonyl (C=O) groups excluding carboxylic acids is 2. The first-order chi connectivity index (χ1) is 36.6. The minimum Gasteiger partial charge on any atom is -0.523 e. The third kappa shape index (κ3) is 15.1. The van der Waals surface area contributed by atoms with Gasteiger partial charge in [0.2, 0.25) is 0 Å². The Hall–Kier alpha value is -6.14. The number of benzene rings is 2. The molecule has 9 rings (SSSR count). The van der Waals surface area contributed by atoms with E-state index >= 15 is 0 Å². The normalized spacial score (nSPS) is 14.3. The maximum atomic E-state index is 14.5. The summed E-state index contributed by atoms with van der Waals surface area (Å²) in [5.74, 6) is -0.0126. The molecule has 0 saturated carbocycles. The number of amides is 2. The molecule has 18 heteroatoms. The van der Waals surface area contributed by atoms with E-state index in [1.807, 2.05) is 32.4 Å². The number of unbranched alkanes of at least 4 members (excludes halogenated alkanes) is 4. The van der Waals surface area contributed by atoms with Crippen molar-refractivity contribution in [2.24, 2.45) is 0 Å². The number of aromatic amines is 2. The van der Waals surface area contributed by atoms with Crippen LogP contribution >= 0.6 is 0 Å². The van der Waals surface area contributed by atoms with E-state index in [2.05, 4.69) is 73.8 Å². The number of H-pyrrole nitrogens is 2.